The van der Waals surface area contributed by atoms with Crippen molar-refractivity contribution in [3.8, 4) is 11.8 Å². The monoisotopic (exact) mass is 322 g/mol. The van der Waals surface area contributed by atoms with Crippen LogP contribution < -0.4 is 10.6 Å². The summed E-state index contributed by atoms with van der Waals surface area (Å²) in [5.41, 5.74) is -0.673. The third kappa shape index (κ3) is 3.44. The van der Waals surface area contributed by atoms with Crippen LogP contribution in [0.2, 0.25) is 0 Å². The van der Waals surface area contributed by atoms with E-state index in [0.717, 1.165) is 18.5 Å². The van der Waals surface area contributed by atoms with Gasteiger partial charge < -0.3 is 10.6 Å². The van der Waals surface area contributed by atoms with Gasteiger partial charge in [-0.15, -0.1) is 0 Å². The van der Waals surface area contributed by atoms with E-state index in [-0.39, 0.29) is 12.8 Å². The van der Waals surface area contributed by atoms with Gasteiger partial charge in [-0.1, -0.05) is 18.1 Å². The van der Waals surface area contributed by atoms with Gasteiger partial charge in [0, 0.05) is 6.04 Å². The Morgan fingerprint density at radius 2 is 1.83 bits per heavy atom. The molecule has 0 heterocycles. The zero-order valence-corrected chi connectivity index (χ0v) is 12.5. The SMILES string of the molecule is O=C(C#CC1(C(F)(F)F)CC1)Nc1ccccc1NC1CCC1. The zero-order chi connectivity index (χ0) is 16.5. The Bertz CT molecular complexity index is 664. The van der Waals surface area contributed by atoms with E-state index in [2.05, 4.69) is 22.5 Å². The van der Waals surface area contributed by atoms with E-state index in [1.54, 1.807) is 12.1 Å². The molecule has 2 aliphatic rings. The molecule has 23 heavy (non-hydrogen) atoms. The van der Waals surface area contributed by atoms with Crippen molar-refractivity contribution < 1.29 is 18.0 Å². The van der Waals surface area contributed by atoms with Crippen LogP contribution in [0.1, 0.15) is 32.1 Å². The molecular formula is C17H17F3N2O. The highest BCUT2D eigenvalue weighted by molar-refractivity contribution is 6.05. The van der Waals surface area contributed by atoms with Gasteiger partial charge in [-0.3, -0.25) is 4.79 Å². The first-order valence-electron chi connectivity index (χ1n) is 7.66. The zero-order valence-electron chi connectivity index (χ0n) is 12.5. The summed E-state index contributed by atoms with van der Waals surface area (Å²) in [5, 5.41) is 5.89. The molecule has 2 saturated carbocycles. The van der Waals surface area contributed by atoms with Crippen LogP contribution in [0.5, 0.6) is 0 Å². The van der Waals surface area contributed by atoms with Crippen LogP contribution in [0.15, 0.2) is 24.3 Å². The highest BCUT2D eigenvalue weighted by atomic mass is 19.4. The fourth-order valence-electron chi connectivity index (χ4n) is 2.42. The number of para-hydroxylation sites is 2. The number of rotatable bonds is 3. The fourth-order valence-corrected chi connectivity index (χ4v) is 2.42. The maximum Gasteiger partial charge on any atom is 0.405 e. The molecule has 0 bridgehead atoms. The summed E-state index contributed by atoms with van der Waals surface area (Å²) < 4.78 is 38.3. The van der Waals surface area contributed by atoms with Gasteiger partial charge in [-0.2, -0.15) is 13.2 Å². The van der Waals surface area contributed by atoms with Crippen LogP contribution in [0.25, 0.3) is 0 Å². The third-order valence-electron chi connectivity index (χ3n) is 4.35. The number of benzene rings is 1. The van der Waals surface area contributed by atoms with E-state index in [1.165, 1.54) is 6.42 Å². The molecule has 3 rings (SSSR count). The quantitative estimate of drug-likeness (QED) is 0.828. The van der Waals surface area contributed by atoms with Crippen molar-refractivity contribution in [1.82, 2.24) is 0 Å². The smallest absolute Gasteiger partial charge is 0.381 e. The van der Waals surface area contributed by atoms with Gasteiger partial charge in [-0.05, 0) is 50.2 Å². The lowest BCUT2D eigenvalue weighted by atomic mass is 9.93. The molecule has 0 aromatic heterocycles. The van der Waals surface area contributed by atoms with Gasteiger partial charge in [0.05, 0.1) is 11.4 Å². The molecule has 0 unspecified atom stereocenters. The van der Waals surface area contributed by atoms with Crippen molar-refractivity contribution in [3.63, 3.8) is 0 Å². The van der Waals surface area contributed by atoms with Crippen LogP contribution in [0.3, 0.4) is 0 Å². The Morgan fingerprint density at radius 3 is 2.35 bits per heavy atom. The molecule has 1 aromatic carbocycles. The normalized spacial score (nSPS) is 19.1. The molecule has 2 N–H and O–H groups in total. The predicted octanol–water partition coefficient (Wildman–Crippen LogP) is 3.94. The van der Waals surface area contributed by atoms with E-state index in [9.17, 15) is 18.0 Å². The largest absolute Gasteiger partial charge is 0.405 e. The molecule has 6 heteroatoms. The van der Waals surface area contributed by atoms with Gasteiger partial charge in [0.25, 0.3) is 5.91 Å². The first-order chi connectivity index (χ1) is 10.9. The molecule has 0 aliphatic heterocycles. The van der Waals surface area contributed by atoms with Crippen molar-refractivity contribution in [1.29, 1.82) is 0 Å². The molecule has 0 radical (unpaired) electrons. The average molecular weight is 322 g/mol. The molecule has 0 saturated heterocycles. The molecule has 2 fully saturated rings. The third-order valence-corrected chi connectivity index (χ3v) is 4.35. The molecule has 1 amide bonds. The number of carbonyl (C=O) groups excluding carboxylic acids is 1. The van der Waals surface area contributed by atoms with Gasteiger partial charge in [0.2, 0.25) is 0 Å². The molecule has 1 aromatic rings. The number of hydrogen-bond donors (Lipinski definition) is 2. The van der Waals surface area contributed by atoms with Crippen LogP contribution in [-0.4, -0.2) is 18.1 Å². The first kappa shape index (κ1) is 15.7. The number of alkyl halides is 3. The van der Waals surface area contributed by atoms with Crippen molar-refractivity contribution >= 4 is 17.3 Å². The maximum atomic E-state index is 12.8. The Labute approximate surface area is 132 Å². The molecule has 122 valence electrons. The van der Waals surface area contributed by atoms with E-state index in [4.69, 9.17) is 0 Å². The Hall–Kier alpha value is -2.16. The molecular weight excluding hydrogens is 305 g/mol. The topological polar surface area (TPSA) is 41.1 Å². The van der Waals surface area contributed by atoms with E-state index >= 15 is 0 Å². The highest BCUT2D eigenvalue weighted by Crippen LogP contribution is 2.57. The van der Waals surface area contributed by atoms with E-state index in [0.29, 0.717) is 11.7 Å². The lowest BCUT2D eigenvalue weighted by Gasteiger charge is -2.28. The standard InChI is InChI=1S/C17H17F3N2O/c18-17(19,20)16(10-11-16)9-8-15(23)22-14-7-2-1-6-13(14)21-12-4-3-5-12/h1-2,6-7,12,21H,3-5,10-11H2,(H,22,23). The van der Waals surface area contributed by atoms with Crippen LogP contribution in [0, 0.1) is 17.3 Å². The van der Waals surface area contributed by atoms with Crippen molar-refractivity contribution in [2.45, 2.75) is 44.3 Å². The van der Waals surface area contributed by atoms with E-state index in [1.807, 2.05) is 12.1 Å². The molecule has 0 atom stereocenters. The number of carbonyl (C=O) groups is 1. The Morgan fingerprint density at radius 1 is 1.17 bits per heavy atom. The highest BCUT2D eigenvalue weighted by Gasteiger charge is 2.62. The number of halogens is 3. The van der Waals surface area contributed by atoms with Gasteiger partial charge >= 0.3 is 6.18 Å². The van der Waals surface area contributed by atoms with Crippen molar-refractivity contribution in [2.75, 3.05) is 10.6 Å². The van der Waals surface area contributed by atoms with Gasteiger partial charge in [-0.25, -0.2) is 0 Å². The molecule has 3 nitrogen and oxygen atoms in total. The van der Waals surface area contributed by atoms with Crippen molar-refractivity contribution in [3.05, 3.63) is 24.3 Å². The summed E-state index contributed by atoms with van der Waals surface area (Å²) in [6.07, 6.45) is -1.10. The predicted molar refractivity (Wildman–Crippen MR) is 81.8 cm³/mol. The molecule has 2 aliphatic carbocycles. The summed E-state index contributed by atoms with van der Waals surface area (Å²) in [6, 6.07) is 7.52. The second kappa shape index (κ2) is 5.80. The number of nitrogens with one attached hydrogen (secondary N) is 2. The minimum atomic E-state index is -4.37. The number of hydrogen-bond acceptors (Lipinski definition) is 2. The van der Waals surface area contributed by atoms with Gasteiger partial charge in [0.1, 0.15) is 5.41 Å². The summed E-state index contributed by atoms with van der Waals surface area (Å²) in [6.45, 7) is 0. The summed E-state index contributed by atoms with van der Waals surface area (Å²) in [4.78, 5) is 11.9. The lowest BCUT2D eigenvalue weighted by molar-refractivity contribution is -0.168. The fraction of sp³-hybridized carbons (Fsp3) is 0.471. The van der Waals surface area contributed by atoms with Gasteiger partial charge in [0.15, 0.2) is 0 Å². The Balaban J connectivity index is 1.67. The van der Waals surface area contributed by atoms with Crippen LogP contribution in [0.4, 0.5) is 24.5 Å². The van der Waals surface area contributed by atoms with Crippen molar-refractivity contribution in [2.24, 2.45) is 5.41 Å². The summed E-state index contributed by atoms with van der Waals surface area (Å²) >= 11 is 0. The second-order valence-electron chi connectivity index (χ2n) is 6.10. The minimum Gasteiger partial charge on any atom is -0.381 e. The summed E-state index contributed by atoms with van der Waals surface area (Å²) in [5.74, 6) is 3.49. The van der Waals surface area contributed by atoms with E-state index < -0.39 is 17.5 Å². The van der Waals surface area contributed by atoms with Crippen LogP contribution in [-0.2, 0) is 4.79 Å². The second-order valence-corrected chi connectivity index (χ2v) is 6.10. The van der Waals surface area contributed by atoms with Crippen LogP contribution >= 0.6 is 0 Å². The Kier molecular flexibility index (Phi) is 3.97. The minimum absolute atomic E-state index is 0.0311. The number of amides is 1. The summed E-state index contributed by atoms with van der Waals surface area (Å²) in [7, 11) is 0. The number of anilines is 2. The lowest BCUT2D eigenvalue weighted by Crippen LogP contribution is -2.27. The molecule has 0 spiro atoms. The first-order valence-corrected chi connectivity index (χ1v) is 7.66. The maximum absolute atomic E-state index is 12.8. The average Bonchev–Trinajstić information content (AvgIpc) is 3.23.